The van der Waals surface area contributed by atoms with Gasteiger partial charge >= 0.3 is 0 Å². The van der Waals surface area contributed by atoms with E-state index >= 15 is 0 Å². The van der Waals surface area contributed by atoms with E-state index in [1.807, 2.05) is 0 Å². The Morgan fingerprint density at radius 2 is 2.04 bits per heavy atom. The molecule has 1 heterocycles. The van der Waals surface area contributed by atoms with Crippen molar-refractivity contribution in [3.05, 3.63) is 30.1 Å². The van der Waals surface area contributed by atoms with Crippen LogP contribution in [0.5, 0.6) is 0 Å². The van der Waals surface area contributed by atoms with Crippen molar-refractivity contribution < 1.29 is 14.3 Å². The van der Waals surface area contributed by atoms with Gasteiger partial charge in [0.2, 0.25) is 5.91 Å². The fraction of sp³-hybridized carbons (Fsp3) is 0.611. The summed E-state index contributed by atoms with van der Waals surface area (Å²) in [4.78, 5) is 16.6. The highest BCUT2D eigenvalue weighted by atomic mass is 19.1. The molecular formula is C18H26FN3O2. The number of aliphatic hydroxyl groups is 1. The monoisotopic (exact) mass is 335 g/mol. The molecule has 1 saturated heterocycles. The maximum Gasteiger partial charge on any atom is 0.225 e. The zero-order valence-electron chi connectivity index (χ0n) is 14.0. The molecule has 2 aliphatic rings. The largest absolute Gasteiger partial charge is 0.391 e. The minimum atomic E-state index is -0.349. The summed E-state index contributed by atoms with van der Waals surface area (Å²) in [6.45, 7) is 4.47. The molecule has 0 radical (unpaired) electrons. The Morgan fingerprint density at radius 3 is 2.71 bits per heavy atom. The SMILES string of the molecule is O=C(CCN1CCN([C@H]2CCC[C@H]2O)CC1)Nc1cccc(F)c1. The lowest BCUT2D eigenvalue weighted by molar-refractivity contribution is -0.116. The van der Waals surface area contributed by atoms with E-state index < -0.39 is 0 Å². The third kappa shape index (κ3) is 4.53. The Bertz CT molecular complexity index is 561. The molecule has 0 unspecified atom stereocenters. The maximum atomic E-state index is 13.1. The highest BCUT2D eigenvalue weighted by Gasteiger charge is 2.32. The smallest absolute Gasteiger partial charge is 0.225 e. The molecule has 132 valence electrons. The van der Waals surface area contributed by atoms with Gasteiger partial charge in [0.1, 0.15) is 5.82 Å². The number of aliphatic hydroxyl groups excluding tert-OH is 1. The molecule has 1 aliphatic carbocycles. The number of hydrogen-bond acceptors (Lipinski definition) is 4. The predicted octanol–water partition coefficient (Wildman–Crippen LogP) is 1.69. The first-order valence-corrected chi connectivity index (χ1v) is 8.82. The number of rotatable bonds is 5. The minimum absolute atomic E-state index is 0.0887. The third-order valence-electron chi connectivity index (χ3n) is 5.08. The second-order valence-corrected chi connectivity index (χ2v) is 6.75. The van der Waals surface area contributed by atoms with Crippen molar-refractivity contribution in [1.29, 1.82) is 0 Å². The molecule has 1 saturated carbocycles. The molecule has 0 aromatic heterocycles. The summed E-state index contributed by atoms with van der Waals surface area (Å²) in [5, 5.41) is 12.7. The molecule has 1 amide bonds. The molecule has 5 nitrogen and oxygen atoms in total. The first-order chi connectivity index (χ1) is 11.6. The second kappa shape index (κ2) is 8.05. The number of hydrogen-bond donors (Lipinski definition) is 2. The first kappa shape index (κ1) is 17.3. The van der Waals surface area contributed by atoms with Crippen LogP contribution in [0.1, 0.15) is 25.7 Å². The average molecular weight is 335 g/mol. The van der Waals surface area contributed by atoms with Gasteiger partial charge in [0, 0.05) is 50.9 Å². The number of carbonyl (C=O) groups is 1. The van der Waals surface area contributed by atoms with E-state index in [9.17, 15) is 14.3 Å². The van der Waals surface area contributed by atoms with Gasteiger partial charge in [-0.25, -0.2) is 4.39 Å². The lowest BCUT2D eigenvalue weighted by atomic mass is 10.1. The molecule has 2 fully saturated rings. The van der Waals surface area contributed by atoms with Gasteiger partial charge < -0.3 is 15.3 Å². The van der Waals surface area contributed by atoms with Gasteiger partial charge in [-0.2, -0.15) is 0 Å². The lowest BCUT2D eigenvalue weighted by Gasteiger charge is -2.39. The van der Waals surface area contributed by atoms with Crippen molar-refractivity contribution in [2.75, 3.05) is 38.0 Å². The van der Waals surface area contributed by atoms with E-state index in [2.05, 4.69) is 15.1 Å². The second-order valence-electron chi connectivity index (χ2n) is 6.75. The highest BCUT2D eigenvalue weighted by Crippen LogP contribution is 2.25. The maximum absolute atomic E-state index is 13.1. The number of amides is 1. The van der Waals surface area contributed by atoms with Gasteiger partial charge in [-0.05, 0) is 37.5 Å². The van der Waals surface area contributed by atoms with Crippen LogP contribution in [0.3, 0.4) is 0 Å². The number of carbonyl (C=O) groups excluding carboxylic acids is 1. The van der Waals surface area contributed by atoms with Crippen molar-refractivity contribution in [2.45, 2.75) is 37.8 Å². The van der Waals surface area contributed by atoms with Gasteiger partial charge in [0.15, 0.2) is 0 Å². The number of anilines is 1. The molecule has 2 N–H and O–H groups in total. The van der Waals surface area contributed by atoms with Gasteiger partial charge in [0.05, 0.1) is 6.10 Å². The number of benzene rings is 1. The molecule has 1 aliphatic heterocycles. The fourth-order valence-corrected chi connectivity index (χ4v) is 3.71. The number of nitrogens with one attached hydrogen (secondary N) is 1. The van der Waals surface area contributed by atoms with E-state index in [1.54, 1.807) is 12.1 Å². The van der Waals surface area contributed by atoms with Gasteiger partial charge in [-0.1, -0.05) is 6.07 Å². The molecule has 6 heteroatoms. The predicted molar refractivity (Wildman–Crippen MR) is 91.3 cm³/mol. The standard InChI is InChI=1S/C18H26FN3O2/c19-14-3-1-4-15(13-14)20-18(24)7-8-21-9-11-22(12-10-21)16-5-2-6-17(16)23/h1,3-4,13,16-17,23H,2,5-12H2,(H,20,24)/t16-,17+/m0/s1. The first-order valence-electron chi connectivity index (χ1n) is 8.82. The molecule has 1 aromatic rings. The van der Waals surface area contributed by atoms with Crippen LogP contribution in [0.4, 0.5) is 10.1 Å². The van der Waals surface area contributed by atoms with E-state index in [1.165, 1.54) is 12.1 Å². The van der Waals surface area contributed by atoms with E-state index in [-0.39, 0.29) is 17.8 Å². The Balaban J connectivity index is 1.38. The Kier molecular flexibility index (Phi) is 5.81. The van der Waals surface area contributed by atoms with Crippen molar-refractivity contribution in [3.63, 3.8) is 0 Å². The van der Waals surface area contributed by atoms with Crippen LogP contribution in [0.2, 0.25) is 0 Å². The van der Waals surface area contributed by atoms with Gasteiger partial charge in [-0.15, -0.1) is 0 Å². The van der Waals surface area contributed by atoms with Crippen LogP contribution in [-0.4, -0.2) is 65.7 Å². The van der Waals surface area contributed by atoms with Crippen LogP contribution in [0.15, 0.2) is 24.3 Å². The van der Waals surface area contributed by atoms with Crippen LogP contribution in [-0.2, 0) is 4.79 Å². The zero-order valence-corrected chi connectivity index (χ0v) is 14.0. The highest BCUT2D eigenvalue weighted by molar-refractivity contribution is 5.90. The molecule has 1 aromatic carbocycles. The lowest BCUT2D eigenvalue weighted by Crippen LogP contribution is -2.52. The number of nitrogens with zero attached hydrogens (tertiary/aromatic N) is 2. The van der Waals surface area contributed by atoms with Gasteiger partial charge in [0.25, 0.3) is 0 Å². The summed E-state index contributed by atoms with van der Waals surface area (Å²) in [6, 6.07) is 6.28. The summed E-state index contributed by atoms with van der Waals surface area (Å²) >= 11 is 0. The summed E-state index contributed by atoms with van der Waals surface area (Å²) in [6.07, 6.45) is 3.37. The summed E-state index contributed by atoms with van der Waals surface area (Å²) in [5.41, 5.74) is 0.500. The fourth-order valence-electron chi connectivity index (χ4n) is 3.71. The quantitative estimate of drug-likeness (QED) is 0.860. The summed E-state index contributed by atoms with van der Waals surface area (Å²) < 4.78 is 13.1. The van der Waals surface area contributed by atoms with Crippen LogP contribution in [0, 0.1) is 5.82 Å². The van der Waals surface area contributed by atoms with E-state index in [0.29, 0.717) is 24.7 Å². The van der Waals surface area contributed by atoms with Crippen LogP contribution >= 0.6 is 0 Å². The normalized spacial score (nSPS) is 25.8. The molecule has 3 rings (SSSR count). The van der Waals surface area contributed by atoms with Crippen molar-refractivity contribution >= 4 is 11.6 Å². The Labute approximate surface area is 142 Å². The average Bonchev–Trinajstić information content (AvgIpc) is 2.99. The van der Waals surface area contributed by atoms with Crippen molar-refractivity contribution in [1.82, 2.24) is 9.80 Å². The molecule has 0 spiro atoms. The Morgan fingerprint density at radius 1 is 1.25 bits per heavy atom. The number of piperazine rings is 1. The zero-order chi connectivity index (χ0) is 16.9. The van der Waals surface area contributed by atoms with Crippen molar-refractivity contribution in [2.24, 2.45) is 0 Å². The minimum Gasteiger partial charge on any atom is -0.391 e. The van der Waals surface area contributed by atoms with Gasteiger partial charge in [-0.3, -0.25) is 9.69 Å². The third-order valence-corrected chi connectivity index (χ3v) is 5.08. The molecular weight excluding hydrogens is 309 g/mol. The number of halogens is 1. The van der Waals surface area contributed by atoms with E-state index in [0.717, 1.165) is 45.4 Å². The topological polar surface area (TPSA) is 55.8 Å². The van der Waals surface area contributed by atoms with E-state index in [4.69, 9.17) is 0 Å². The van der Waals surface area contributed by atoms with Crippen LogP contribution < -0.4 is 5.32 Å². The molecule has 24 heavy (non-hydrogen) atoms. The van der Waals surface area contributed by atoms with Crippen molar-refractivity contribution in [3.8, 4) is 0 Å². The molecule has 2 atom stereocenters. The Hall–Kier alpha value is -1.50. The summed E-state index contributed by atoms with van der Waals surface area (Å²) in [5.74, 6) is -0.438. The van der Waals surface area contributed by atoms with Crippen LogP contribution in [0.25, 0.3) is 0 Å². The summed E-state index contributed by atoms with van der Waals surface area (Å²) in [7, 11) is 0. The molecule has 0 bridgehead atoms.